The molecule has 17 heavy (non-hydrogen) atoms. The minimum absolute atomic E-state index is 1.09. The summed E-state index contributed by atoms with van der Waals surface area (Å²) in [6, 6.07) is 15.1. The lowest BCUT2D eigenvalue weighted by Gasteiger charge is -2.06. The van der Waals surface area contributed by atoms with Gasteiger partial charge in [0.1, 0.15) is 0 Å². The van der Waals surface area contributed by atoms with Crippen LogP contribution >= 0.6 is 50.3 Å². The largest absolute Gasteiger partial charge is 0.0901 e. The normalized spacial score (nSPS) is 10.5. The van der Waals surface area contributed by atoms with E-state index in [1.165, 1.54) is 18.9 Å². The summed E-state index contributed by atoms with van der Waals surface area (Å²) in [5.74, 6) is 0. The van der Waals surface area contributed by atoms with E-state index in [9.17, 15) is 0 Å². The Morgan fingerprint density at radius 3 is 2.35 bits per heavy atom. The standard InChI is InChI=1S/C14H12BrIS/c1-2-10-9-13(7-8-14(10)16)17-12-5-3-11(15)4-6-12/h3-9H,2H2,1H3. The molecule has 0 aromatic heterocycles. The summed E-state index contributed by atoms with van der Waals surface area (Å²) in [5, 5.41) is 0. The molecule has 0 spiro atoms. The quantitative estimate of drug-likeness (QED) is 0.570. The maximum absolute atomic E-state index is 3.45. The molecule has 3 heteroatoms. The highest BCUT2D eigenvalue weighted by molar-refractivity contribution is 14.1. The number of rotatable bonds is 3. The molecule has 88 valence electrons. The molecule has 0 unspecified atom stereocenters. The molecule has 2 aromatic carbocycles. The van der Waals surface area contributed by atoms with Crippen LogP contribution in [0.3, 0.4) is 0 Å². The summed E-state index contributed by atoms with van der Waals surface area (Å²) in [5.41, 5.74) is 1.42. The van der Waals surface area contributed by atoms with Crippen LogP contribution in [0.1, 0.15) is 12.5 Å². The Morgan fingerprint density at radius 2 is 1.71 bits per heavy atom. The van der Waals surface area contributed by atoms with Crippen molar-refractivity contribution < 1.29 is 0 Å². The van der Waals surface area contributed by atoms with Gasteiger partial charge in [0.25, 0.3) is 0 Å². The SMILES string of the molecule is CCc1cc(Sc2ccc(Br)cc2)ccc1I. The molecule has 2 rings (SSSR count). The molecule has 0 N–H and O–H groups in total. The molecule has 0 saturated carbocycles. The van der Waals surface area contributed by atoms with E-state index in [0.29, 0.717) is 0 Å². The van der Waals surface area contributed by atoms with Gasteiger partial charge < -0.3 is 0 Å². The minimum atomic E-state index is 1.09. The third-order valence-corrected chi connectivity index (χ3v) is 5.03. The van der Waals surface area contributed by atoms with Gasteiger partial charge in [-0.25, -0.2) is 0 Å². The van der Waals surface area contributed by atoms with Gasteiger partial charge in [0.15, 0.2) is 0 Å². The van der Waals surface area contributed by atoms with Gasteiger partial charge in [-0.3, -0.25) is 0 Å². The van der Waals surface area contributed by atoms with Crippen LogP contribution < -0.4 is 0 Å². The summed E-state index contributed by atoms with van der Waals surface area (Å²) in [6.45, 7) is 2.20. The van der Waals surface area contributed by atoms with E-state index in [1.54, 1.807) is 0 Å². The van der Waals surface area contributed by atoms with Crippen LogP contribution in [0.4, 0.5) is 0 Å². The van der Waals surface area contributed by atoms with Crippen molar-refractivity contribution in [2.45, 2.75) is 23.1 Å². The fourth-order valence-electron chi connectivity index (χ4n) is 1.52. The first-order valence-electron chi connectivity index (χ1n) is 5.41. The average molecular weight is 419 g/mol. The van der Waals surface area contributed by atoms with Gasteiger partial charge in [-0.1, -0.05) is 34.6 Å². The van der Waals surface area contributed by atoms with Crippen LogP contribution in [0.25, 0.3) is 0 Å². The van der Waals surface area contributed by atoms with Crippen molar-refractivity contribution in [2.75, 3.05) is 0 Å². The van der Waals surface area contributed by atoms with Gasteiger partial charge >= 0.3 is 0 Å². The zero-order valence-electron chi connectivity index (χ0n) is 9.41. The number of halogens is 2. The Kier molecular flexibility index (Phi) is 4.94. The third-order valence-electron chi connectivity index (χ3n) is 2.45. The number of aryl methyl sites for hydroxylation is 1. The third kappa shape index (κ3) is 3.73. The van der Waals surface area contributed by atoms with E-state index in [4.69, 9.17) is 0 Å². The van der Waals surface area contributed by atoms with E-state index in [1.807, 2.05) is 11.8 Å². The van der Waals surface area contributed by atoms with Crippen LogP contribution in [0, 0.1) is 3.57 Å². The Morgan fingerprint density at radius 1 is 1.06 bits per heavy atom. The highest BCUT2D eigenvalue weighted by Crippen LogP contribution is 2.30. The lowest BCUT2D eigenvalue weighted by molar-refractivity contribution is 1.11. The highest BCUT2D eigenvalue weighted by Gasteiger charge is 2.02. The van der Waals surface area contributed by atoms with Gasteiger partial charge in [0, 0.05) is 17.8 Å². The van der Waals surface area contributed by atoms with E-state index < -0.39 is 0 Å². The van der Waals surface area contributed by atoms with Crippen molar-refractivity contribution in [1.29, 1.82) is 0 Å². The van der Waals surface area contributed by atoms with Gasteiger partial charge in [-0.15, -0.1) is 0 Å². The smallest absolute Gasteiger partial charge is 0.0176 e. The summed E-state index contributed by atoms with van der Waals surface area (Å²) < 4.78 is 2.48. The summed E-state index contributed by atoms with van der Waals surface area (Å²) in [4.78, 5) is 2.58. The molecular formula is C14H12BrIS. The molecule has 0 nitrogen and oxygen atoms in total. The molecule has 0 amide bonds. The second kappa shape index (κ2) is 6.25. The first-order chi connectivity index (χ1) is 8.19. The maximum Gasteiger partial charge on any atom is 0.0176 e. The molecule has 0 radical (unpaired) electrons. The average Bonchev–Trinajstić information content (AvgIpc) is 2.34. The molecule has 0 heterocycles. The number of benzene rings is 2. The molecule has 0 atom stereocenters. The van der Waals surface area contributed by atoms with Crippen LogP contribution in [0.2, 0.25) is 0 Å². The van der Waals surface area contributed by atoms with Crippen molar-refractivity contribution in [3.63, 3.8) is 0 Å². The van der Waals surface area contributed by atoms with Crippen molar-refractivity contribution >= 4 is 50.3 Å². The molecule has 0 aliphatic heterocycles. The molecular weight excluding hydrogens is 407 g/mol. The van der Waals surface area contributed by atoms with Crippen LogP contribution in [0.15, 0.2) is 56.7 Å². The predicted molar refractivity (Wildman–Crippen MR) is 86.8 cm³/mol. The Balaban J connectivity index is 2.21. The van der Waals surface area contributed by atoms with Gasteiger partial charge in [0.2, 0.25) is 0 Å². The van der Waals surface area contributed by atoms with Crippen molar-refractivity contribution in [3.05, 3.63) is 56.1 Å². The Labute approximate surface area is 128 Å². The first kappa shape index (κ1) is 13.4. The van der Waals surface area contributed by atoms with Gasteiger partial charge in [-0.05, 0) is 77.0 Å². The molecule has 0 aliphatic carbocycles. The van der Waals surface area contributed by atoms with Crippen LogP contribution in [-0.2, 0) is 6.42 Å². The number of hydrogen-bond donors (Lipinski definition) is 0. The zero-order valence-corrected chi connectivity index (χ0v) is 14.0. The summed E-state index contributed by atoms with van der Waals surface area (Å²) in [7, 11) is 0. The fourth-order valence-corrected chi connectivity index (χ4v) is 3.39. The number of hydrogen-bond acceptors (Lipinski definition) is 1. The van der Waals surface area contributed by atoms with E-state index in [2.05, 4.69) is 87.9 Å². The molecule has 0 saturated heterocycles. The molecule has 0 fully saturated rings. The second-order valence-corrected chi connectivity index (χ2v) is 6.89. The van der Waals surface area contributed by atoms with E-state index in [0.717, 1.165) is 10.9 Å². The van der Waals surface area contributed by atoms with Crippen LogP contribution in [-0.4, -0.2) is 0 Å². The van der Waals surface area contributed by atoms with Gasteiger partial charge in [0.05, 0.1) is 0 Å². The monoisotopic (exact) mass is 418 g/mol. The van der Waals surface area contributed by atoms with Crippen molar-refractivity contribution in [3.8, 4) is 0 Å². The van der Waals surface area contributed by atoms with E-state index in [-0.39, 0.29) is 0 Å². The highest BCUT2D eigenvalue weighted by atomic mass is 127. The van der Waals surface area contributed by atoms with Crippen molar-refractivity contribution in [1.82, 2.24) is 0 Å². The fraction of sp³-hybridized carbons (Fsp3) is 0.143. The topological polar surface area (TPSA) is 0 Å². The van der Waals surface area contributed by atoms with Crippen molar-refractivity contribution in [2.24, 2.45) is 0 Å². The molecule has 2 aromatic rings. The zero-order chi connectivity index (χ0) is 12.3. The Hall–Kier alpha value is -0.000000000000000111. The molecule has 0 aliphatic rings. The lowest BCUT2D eigenvalue weighted by Crippen LogP contribution is -1.86. The van der Waals surface area contributed by atoms with E-state index >= 15 is 0 Å². The Bertz CT molecular complexity index is 508. The maximum atomic E-state index is 3.45. The van der Waals surface area contributed by atoms with Gasteiger partial charge in [-0.2, -0.15) is 0 Å². The minimum Gasteiger partial charge on any atom is -0.0901 e. The van der Waals surface area contributed by atoms with Crippen LogP contribution in [0.5, 0.6) is 0 Å². The molecule has 0 bridgehead atoms. The summed E-state index contributed by atoms with van der Waals surface area (Å²) in [6.07, 6.45) is 1.09. The first-order valence-corrected chi connectivity index (χ1v) is 8.09. The summed E-state index contributed by atoms with van der Waals surface area (Å²) >= 11 is 7.66. The second-order valence-electron chi connectivity index (χ2n) is 3.66. The lowest BCUT2D eigenvalue weighted by atomic mass is 10.2. The predicted octanol–water partition coefficient (Wildman–Crippen LogP) is 5.77.